The Morgan fingerprint density at radius 3 is 2.41 bits per heavy atom. The van der Waals surface area contributed by atoms with Gasteiger partial charge in [-0.2, -0.15) is 0 Å². The molecule has 1 N–H and O–H groups in total. The van der Waals surface area contributed by atoms with Crippen LogP contribution in [0.3, 0.4) is 0 Å². The van der Waals surface area contributed by atoms with E-state index in [-0.39, 0.29) is 22.9 Å². The molecular formula is C17H20O5. The summed E-state index contributed by atoms with van der Waals surface area (Å²) < 4.78 is 9.86. The lowest BCUT2D eigenvalue weighted by atomic mass is 9.47. The van der Waals surface area contributed by atoms with Crippen molar-refractivity contribution < 1.29 is 24.2 Å². The first-order valence-corrected chi connectivity index (χ1v) is 7.47. The van der Waals surface area contributed by atoms with Gasteiger partial charge < -0.3 is 14.6 Å². The van der Waals surface area contributed by atoms with Gasteiger partial charge in [-0.1, -0.05) is 6.07 Å². The Balaban J connectivity index is 1.65. The van der Waals surface area contributed by atoms with E-state index in [1.54, 1.807) is 12.1 Å². The third-order valence-electron chi connectivity index (χ3n) is 5.18. The maximum absolute atomic E-state index is 11.5. The minimum absolute atomic E-state index is 0.0522. The summed E-state index contributed by atoms with van der Waals surface area (Å²) in [5.41, 5.74) is 1.53. The molecular weight excluding hydrogens is 284 g/mol. The van der Waals surface area contributed by atoms with Gasteiger partial charge in [-0.25, -0.2) is 4.79 Å². The summed E-state index contributed by atoms with van der Waals surface area (Å²) in [5.74, 6) is -0.257. The van der Waals surface area contributed by atoms with Gasteiger partial charge in [0.15, 0.2) is 0 Å². The second kappa shape index (κ2) is 5.30. The van der Waals surface area contributed by atoms with Crippen molar-refractivity contribution in [2.75, 3.05) is 14.2 Å². The Morgan fingerprint density at radius 1 is 1.18 bits per heavy atom. The van der Waals surface area contributed by atoms with Crippen LogP contribution in [0.5, 0.6) is 5.75 Å². The third-order valence-corrected chi connectivity index (χ3v) is 5.18. The molecule has 3 rings (SSSR count). The largest absolute Gasteiger partial charge is 0.496 e. The minimum Gasteiger partial charge on any atom is -0.496 e. The molecule has 22 heavy (non-hydrogen) atoms. The number of esters is 1. The van der Waals surface area contributed by atoms with Crippen LogP contribution in [0, 0.1) is 11.3 Å². The van der Waals surface area contributed by atoms with E-state index in [4.69, 9.17) is 9.47 Å². The quantitative estimate of drug-likeness (QED) is 0.866. The number of carbonyl (C=O) groups is 2. The summed E-state index contributed by atoms with van der Waals surface area (Å²) in [5, 5.41) is 9.25. The number of carboxylic acids is 1. The van der Waals surface area contributed by atoms with Gasteiger partial charge >= 0.3 is 11.9 Å². The molecule has 2 aliphatic rings. The fourth-order valence-corrected chi connectivity index (χ4v) is 4.02. The zero-order valence-corrected chi connectivity index (χ0v) is 12.8. The predicted molar refractivity (Wildman–Crippen MR) is 79.1 cm³/mol. The zero-order chi connectivity index (χ0) is 15.9. The zero-order valence-electron chi connectivity index (χ0n) is 12.8. The summed E-state index contributed by atoms with van der Waals surface area (Å²) in [7, 11) is 2.91. The second-order valence-electron chi connectivity index (χ2n) is 6.50. The van der Waals surface area contributed by atoms with Crippen LogP contribution in [-0.2, 0) is 9.53 Å². The van der Waals surface area contributed by atoms with E-state index in [0.29, 0.717) is 11.7 Å². The van der Waals surface area contributed by atoms with Gasteiger partial charge in [0.2, 0.25) is 0 Å². The molecule has 1 spiro atoms. The van der Waals surface area contributed by atoms with Crippen molar-refractivity contribution in [3.8, 4) is 5.75 Å². The van der Waals surface area contributed by atoms with Crippen LogP contribution in [0.4, 0.5) is 0 Å². The summed E-state index contributed by atoms with van der Waals surface area (Å²) in [4.78, 5) is 22.7. The number of ether oxygens (including phenoxy) is 2. The summed E-state index contributed by atoms with van der Waals surface area (Å²) >= 11 is 0. The molecule has 0 saturated heterocycles. The molecule has 5 nitrogen and oxygen atoms in total. The van der Waals surface area contributed by atoms with Crippen molar-refractivity contribution in [3.63, 3.8) is 0 Å². The highest BCUT2D eigenvalue weighted by atomic mass is 16.5. The van der Waals surface area contributed by atoms with E-state index in [2.05, 4.69) is 0 Å². The highest BCUT2D eigenvalue weighted by Gasteiger charge is 2.55. The number of hydrogen-bond acceptors (Lipinski definition) is 4. The lowest BCUT2D eigenvalue weighted by Crippen LogP contribution is -2.49. The molecule has 0 amide bonds. The summed E-state index contributed by atoms with van der Waals surface area (Å²) in [6.07, 6.45) is 3.84. The number of carboxylic acid groups (broad SMARTS) is 1. The first-order valence-electron chi connectivity index (χ1n) is 7.47. The fraction of sp³-hybridized carbons (Fsp3) is 0.529. The third kappa shape index (κ3) is 2.34. The second-order valence-corrected chi connectivity index (χ2v) is 6.50. The van der Waals surface area contributed by atoms with Gasteiger partial charge in [0.05, 0.1) is 20.1 Å². The summed E-state index contributed by atoms with van der Waals surface area (Å²) in [6, 6.07) is 5.39. The van der Waals surface area contributed by atoms with Crippen molar-refractivity contribution in [1.82, 2.24) is 0 Å². The normalized spacial score (nSPS) is 29.4. The standard InChI is InChI=1S/C17H20O5/c1-21-14-4-3-10(5-13(14)15(18)19)11-6-17(7-11)8-12(9-17)16(20)22-2/h3-5,11-12H,6-9H2,1-2H3,(H,18,19). The minimum atomic E-state index is -0.970. The molecule has 0 bridgehead atoms. The van der Waals surface area contributed by atoms with Crippen LogP contribution in [-0.4, -0.2) is 31.3 Å². The Kier molecular flexibility index (Phi) is 3.59. The monoisotopic (exact) mass is 304 g/mol. The van der Waals surface area contributed by atoms with Crippen molar-refractivity contribution in [2.24, 2.45) is 11.3 Å². The SMILES string of the molecule is COC(=O)C1CC2(C1)CC(c1ccc(OC)c(C(=O)O)c1)C2. The fourth-order valence-electron chi connectivity index (χ4n) is 4.02. The van der Waals surface area contributed by atoms with Gasteiger partial charge in [-0.05, 0) is 54.7 Å². The van der Waals surface area contributed by atoms with Gasteiger partial charge in [0, 0.05) is 0 Å². The summed E-state index contributed by atoms with van der Waals surface area (Å²) in [6.45, 7) is 0. The van der Waals surface area contributed by atoms with E-state index in [1.807, 2.05) is 6.07 Å². The number of hydrogen-bond donors (Lipinski definition) is 1. The molecule has 1 aromatic rings. The molecule has 0 aromatic heterocycles. The maximum Gasteiger partial charge on any atom is 0.339 e. The van der Waals surface area contributed by atoms with Crippen LogP contribution in [0.25, 0.3) is 0 Å². The van der Waals surface area contributed by atoms with Crippen molar-refractivity contribution >= 4 is 11.9 Å². The molecule has 1 aromatic carbocycles. The molecule has 0 aliphatic heterocycles. The first-order chi connectivity index (χ1) is 10.5. The Hall–Kier alpha value is -2.04. The van der Waals surface area contributed by atoms with E-state index >= 15 is 0 Å². The average Bonchev–Trinajstić information content (AvgIpc) is 2.43. The molecule has 2 saturated carbocycles. The highest BCUT2D eigenvalue weighted by Crippen LogP contribution is 2.64. The van der Waals surface area contributed by atoms with Crippen LogP contribution in [0.2, 0.25) is 0 Å². The molecule has 0 heterocycles. The van der Waals surface area contributed by atoms with E-state index in [9.17, 15) is 14.7 Å². The van der Waals surface area contributed by atoms with Crippen molar-refractivity contribution in [1.29, 1.82) is 0 Å². The van der Waals surface area contributed by atoms with Crippen LogP contribution in [0.15, 0.2) is 18.2 Å². The van der Waals surface area contributed by atoms with E-state index in [0.717, 1.165) is 31.2 Å². The number of carbonyl (C=O) groups excluding carboxylic acids is 1. The lowest BCUT2D eigenvalue weighted by Gasteiger charge is -2.57. The van der Waals surface area contributed by atoms with Gasteiger partial charge in [-0.3, -0.25) is 4.79 Å². The Morgan fingerprint density at radius 2 is 1.86 bits per heavy atom. The number of methoxy groups -OCH3 is 2. The predicted octanol–water partition coefficient (Wildman–Crippen LogP) is 2.84. The van der Waals surface area contributed by atoms with Gasteiger partial charge in [0.1, 0.15) is 11.3 Å². The number of benzene rings is 1. The van der Waals surface area contributed by atoms with Crippen molar-refractivity contribution in [2.45, 2.75) is 31.6 Å². The molecule has 2 fully saturated rings. The van der Waals surface area contributed by atoms with Crippen LogP contribution in [0.1, 0.15) is 47.5 Å². The van der Waals surface area contributed by atoms with Gasteiger partial charge in [0.25, 0.3) is 0 Å². The Labute approximate surface area is 129 Å². The Bertz CT molecular complexity index is 607. The molecule has 0 unspecified atom stereocenters. The molecule has 118 valence electrons. The lowest BCUT2D eigenvalue weighted by molar-refractivity contribution is -0.159. The van der Waals surface area contributed by atoms with Crippen molar-refractivity contribution in [3.05, 3.63) is 29.3 Å². The number of aromatic carboxylic acids is 1. The van der Waals surface area contributed by atoms with Gasteiger partial charge in [-0.15, -0.1) is 0 Å². The molecule has 0 radical (unpaired) electrons. The first kappa shape index (κ1) is 14.9. The van der Waals surface area contributed by atoms with E-state index in [1.165, 1.54) is 14.2 Å². The van der Waals surface area contributed by atoms with Crippen LogP contribution < -0.4 is 4.74 Å². The smallest absolute Gasteiger partial charge is 0.339 e. The average molecular weight is 304 g/mol. The maximum atomic E-state index is 11.5. The number of rotatable bonds is 4. The van der Waals surface area contributed by atoms with E-state index < -0.39 is 5.97 Å². The van der Waals surface area contributed by atoms with Crippen LogP contribution >= 0.6 is 0 Å². The molecule has 0 atom stereocenters. The highest BCUT2D eigenvalue weighted by molar-refractivity contribution is 5.91. The molecule has 2 aliphatic carbocycles. The molecule has 5 heteroatoms. The topological polar surface area (TPSA) is 72.8 Å².